The van der Waals surface area contributed by atoms with Crippen LogP contribution in [0.3, 0.4) is 0 Å². The summed E-state index contributed by atoms with van der Waals surface area (Å²) < 4.78 is 0. The zero-order valence-electron chi connectivity index (χ0n) is 7.50. The molecule has 1 aliphatic rings. The predicted octanol–water partition coefficient (Wildman–Crippen LogP) is -0.911. The maximum atomic E-state index is 5.92. The highest BCUT2D eigenvalue weighted by Crippen LogP contribution is 2.16. The van der Waals surface area contributed by atoms with Crippen molar-refractivity contribution in [3.8, 4) is 0 Å². The topological polar surface area (TPSA) is 90.1 Å². The first-order chi connectivity index (χ1) is 5.74. The maximum absolute atomic E-state index is 5.92. The van der Waals surface area contributed by atoms with Crippen LogP contribution in [0.5, 0.6) is 0 Å². The van der Waals surface area contributed by atoms with Gasteiger partial charge in [0.1, 0.15) is 0 Å². The molecule has 0 bridgehead atoms. The lowest BCUT2D eigenvalue weighted by Crippen LogP contribution is -2.55. The largest absolute Gasteiger partial charge is 0.328 e. The lowest BCUT2D eigenvalue weighted by Gasteiger charge is -2.31. The molecule has 1 fully saturated rings. The molecule has 7 N–H and O–H groups in total. The van der Waals surface area contributed by atoms with Gasteiger partial charge in [-0.3, -0.25) is 5.32 Å². The second kappa shape index (κ2) is 4.77. The van der Waals surface area contributed by atoms with E-state index in [2.05, 4.69) is 5.32 Å². The zero-order chi connectivity index (χ0) is 8.97. The molecule has 3 unspecified atom stereocenters. The molecule has 3 atom stereocenters. The van der Waals surface area contributed by atoms with Crippen molar-refractivity contribution in [2.24, 2.45) is 17.2 Å². The van der Waals surface area contributed by atoms with Crippen LogP contribution in [0.25, 0.3) is 0 Å². The molecular formula is C8H20N4. The average molecular weight is 172 g/mol. The molecule has 0 aromatic heterocycles. The summed E-state index contributed by atoms with van der Waals surface area (Å²) in [5.41, 5.74) is 17.0. The number of nitrogens with one attached hydrogen (secondary N) is 1. The van der Waals surface area contributed by atoms with Crippen molar-refractivity contribution in [3.63, 3.8) is 0 Å². The second-order valence-electron chi connectivity index (χ2n) is 3.56. The molecule has 1 aliphatic carbocycles. The van der Waals surface area contributed by atoms with Gasteiger partial charge in [0.25, 0.3) is 0 Å². The van der Waals surface area contributed by atoms with Gasteiger partial charge in [-0.2, -0.15) is 0 Å². The van der Waals surface area contributed by atoms with Crippen LogP contribution in [0.2, 0.25) is 0 Å². The van der Waals surface area contributed by atoms with Crippen molar-refractivity contribution in [1.82, 2.24) is 5.32 Å². The van der Waals surface area contributed by atoms with E-state index >= 15 is 0 Å². The Morgan fingerprint density at radius 2 is 2.00 bits per heavy atom. The quantitative estimate of drug-likeness (QED) is 0.415. The predicted molar refractivity (Wildman–Crippen MR) is 50.4 cm³/mol. The van der Waals surface area contributed by atoms with E-state index in [0.717, 1.165) is 12.8 Å². The van der Waals surface area contributed by atoms with Crippen LogP contribution in [-0.4, -0.2) is 24.8 Å². The van der Waals surface area contributed by atoms with Crippen LogP contribution in [0, 0.1) is 0 Å². The minimum Gasteiger partial charge on any atom is -0.328 e. The first-order valence-electron chi connectivity index (χ1n) is 4.71. The SMILES string of the molecule is NCC(N)NC1CCCCC1N. The number of rotatable bonds is 3. The van der Waals surface area contributed by atoms with Crippen LogP contribution in [-0.2, 0) is 0 Å². The molecule has 1 rings (SSSR count). The summed E-state index contributed by atoms with van der Waals surface area (Å²) in [6, 6.07) is 0.633. The molecule has 12 heavy (non-hydrogen) atoms. The van der Waals surface area contributed by atoms with Gasteiger partial charge in [-0.25, -0.2) is 0 Å². The van der Waals surface area contributed by atoms with Gasteiger partial charge in [-0.1, -0.05) is 12.8 Å². The molecular weight excluding hydrogens is 152 g/mol. The molecule has 0 aromatic carbocycles. The third-order valence-corrected chi connectivity index (χ3v) is 2.50. The lowest BCUT2D eigenvalue weighted by atomic mass is 9.91. The van der Waals surface area contributed by atoms with Crippen molar-refractivity contribution in [2.45, 2.75) is 43.9 Å². The smallest absolute Gasteiger partial charge is 0.0675 e. The van der Waals surface area contributed by atoms with E-state index in [-0.39, 0.29) is 12.2 Å². The number of hydrogen-bond acceptors (Lipinski definition) is 4. The van der Waals surface area contributed by atoms with Gasteiger partial charge in [-0.15, -0.1) is 0 Å². The van der Waals surface area contributed by atoms with E-state index in [0.29, 0.717) is 12.6 Å². The molecule has 0 saturated heterocycles. The molecule has 0 amide bonds. The highest BCUT2D eigenvalue weighted by molar-refractivity contribution is 4.85. The third-order valence-electron chi connectivity index (χ3n) is 2.50. The van der Waals surface area contributed by atoms with Crippen LogP contribution < -0.4 is 22.5 Å². The minimum atomic E-state index is -0.0980. The number of nitrogens with two attached hydrogens (primary N) is 3. The summed E-state index contributed by atoms with van der Waals surface area (Å²) in [4.78, 5) is 0. The Bertz CT molecular complexity index is 128. The van der Waals surface area contributed by atoms with Crippen molar-refractivity contribution in [3.05, 3.63) is 0 Å². The Balaban J connectivity index is 2.28. The summed E-state index contributed by atoms with van der Waals surface area (Å²) >= 11 is 0. The van der Waals surface area contributed by atoms with Crippen LogP contribution in [0.1, 0.15) is 25.7 Å². The molecule has 0 spiro atoms. The van der Waals surface area contributed by atoms with Crippen molar-refractivity contribution in [2.75, 3.05) is 6.54 Å². The summed E-state index contributed by atoms with van der Waals surface area (Å²) in [6.45, 7) is 0.475. The van der Waals surface area contributed by atoms with Crippen molar-refractivity contribution in [1.29, 1.82) is 0 Å². The van der Waals surface area contributed by atoms with Gasteiger partial charge in [0, 0.05) is 18.6 Å². The van der Waals surface area contributed by atoms with E-state index in [1.165, 1.54) is 12.8 Å². The van der Waals surface area contributed by atoms with E-state index in [1.807, 2.05) is 0 Å². The fourth-order valence-electron chi connectivity index (χ4n) is 1.71. The Morgan fingerprint density at radius 1 is 1.33 bits per heavy atom. The molecule has 0 aromatic rings. The molecule has 1 saturated carbocycles. The van der Waals surface area contributed by atoms with E-state index in [9.17, 15) is 0 Å². The van der Waals surface area contributed by atoms with Crippen molar-refractivity contribution < 1.29 is 0 Å². The van der Waals surface area contributed by atoms with E-state index in [4.69, 9.17) is 17.2 Å². The van der Waals surface area contributed by atoms with Gasteiger partial charge in [0.2, 0.25) is 0 Å². The van der Waals surface area contributed by atoms with Gasteiger partial charge >= 0.3 is 0 Å². The second-order valence-corrected chi connectivity index (χ2v) is 3.56. The van der Waals surface area contributed by atoms with Crippen LogP contribution >= 0.6 is 0 Å². The highest BCUT2D eigenvalue weighted by atomic mass is 15.1. The van der Waals surface area contributed by atoms with Crippen molar-refractivity contribution >= 4 is 0 Å². The zero-order valence-corrected chi connectivity index (χ0v) is 7.50. The average Bonchev–Trinajstić information content (AvgIpc) is 2.09. The lowest BCUT2D eigenvalue weighted by molar-refractivity contribution is 0.302. The standard InChI is InChI=1S/C8H20N4/c9-5-8(11)12-7-4-2-1-3-6(7)10/h6-8,12H,1-5,9-11H2. The minimum absolute atomic E-state index is 0.0980. The molecule has 4 heteroatoms. The number of hydrogen-bond donors (Lipinski definition) is 4. The molecule has 0 heterocycles. The summed E-state index contributed by atoms with van der Waals surface area (Å²) in [5, 5.41) is 3.25. The summed E-state index contributed by atoms with van der Waals surface area (Å²) in [7, 11) is 0. The summed E-state index contributed by atoms with van der Waals surface area (Å²) in [5.74, 6) is 0. The van der Waals surface area contributed by atoms with E-state index < -0.39 is 0 Å². The Hall–Kier alpha value is -0.160. The molecule has 72 valence electrons. The van der Waals surface area contributed by atoms with Crippen LogP contribution in [0.4, 0.5) is 0 Å². The van der Waals surface area contributed by atoms with Crippen LogP contribution in [0.15, 0.2) is 0 Å². The fourth-order valence-corrected chi connectivity index (χ4v) is 1.71. The molecule has 0 aliphatic heterocycles. The maximum Gasteiger partial charge on any atom is 0.0675 e. The van der Waals surface area contributed by atoms with Gasteiger partial charge in [-0.05, 0) is 12.8 Å². The Kier molecular flexibility index (Phi) is 3.94. The fraction of sp³-hybridized carbons (Fsp3) is 1.00. The molecule has 0 radical (unpaired) electrons. The summed E-state index contributed by atoms with van der Waals surface area (Å²) in [6.07, 6.45) is 4.64. The van der Waals surface area contributed by atoms with Gasteiger partial charge in [0.15, 0.2) is 0 Å². The normalized spacial score (nSPS) is 33.2. The highest BCUT2D eigenvalue weighted by Gasteiger charge is 2.22. The Labute approximate surface area is 73.9 Å². The first-order valence-corrected chi connectivity index (χ1v) is 4.71. The first kappa shape index (κ1) is 9.92. The molecule has 4 nitrogen and oxygen atoms in total. The monoisotopic (exact) mass is 172 g/mol. The van der Waals surface area contributed by atoms with Gasteiger partial charge < -0.3 is 17.2 Å². The van der Waals surface area contributed by atoms with E-state index in [1.54, 1.807) is 0 Å². The Morgan fingerprint density at radius 3 is 2.58 bits per heavy atom. The van der Waals surface area contributed by atoms with Gasteiger partial charge in [0.05, 0.1) is 6.17 Å². The third kappa shape index (κ3) is 2.71.